The Bertz CT molecular complexity index is 213. The second kappa shape index (κ2) is 3.42. The molecule has 68 valence electrons. The van der Waals surface area contributed by atoms with Gasteiger partial charge < -0.3 is 0 Å². The van der Waals surface area contributed by atoms with E-state index < -0.39 is 6.17 Å². The Balaban J connectivity index is 2.49. The van der Waals surface area contributed by atoms with E-state index in [1.807, 2.05) is 6.92 Å². The van der Waals surface area contributed by atoms with Gasteiger partial charge in [0.15, 0.2) is 0 Å². The van der Waals surface area contributed by atoms with Crippen LogP contribution in [0.25, 0.3) is 0 Å². The zero-order valence-corrected chi connectivity index (χ0v) is 8.10. The van der Waals surface area contributed by atoms with E-state index in [0.29, 0.717) is 5.57 Å². The zero-order chi connectivity index (χ0) is 9.30. The van der Waals surface area contributed by atoms with Gasteiger partial charge in [0, 0.05) is 0 Å². The summed E-state index contributed by atoms with van der Waals surface area (Å²) < 4.78 is 12.8. The van der Waals surface area contributed by atoms with Gasteiger partial charge in [-0.2, -0.15) is 0 Å². The third-order valence-electron chi connectivity index (χ3n) is 2.57. The van der Waals surface area contributed by atoms with Gasteiger partial charge in [0.1, 0.15) is 6.17 Å². The molecule has 3 atom stereocenters. The van der Waals surface area contributed by atoms with E-state index in [9.17, 15) is 4.39 Å². The first-order valence-corrected chi connectivity index (χ1v) is 4.55. The van der Waals surface area contributed by atoms with Crippen molar-refractivity contribution in [2.75, 3.05) is 0 Å². The number of halogens is 1. The lowest BCUT2D eigenvalue weighted by molar-refractivity contribution is 0.393. The first-order chi connectivity index (χ1) is 5.52. The van der Waals surface area contributed by atoms with Gasteiger partial charge in [-0.3, -0.25) is 0 Å². The summed E-state index contributed by atoms with van der Waals surface area (Å²) in [7, 11) is 0. The highest BCUT2D eigenvalue weighted by Crippen LogP contribution is 2.38. The maximum Gasteiger partial charge on any atom is 0.119 e. The zero-order valence-electron chi connectivity index (χ0n) is 8.10. The predicted octanol–water partition coefficient (Wildman–Crippen LogP) is 3.50. The second-order valence-electron chi connectivity index (χ2n) is 3.83. The first kappa shape index (κ1) is 9.50. The molecule has 1 rings (SSSR count). The quantitative estimate of drug-likeness (QED) is 0.566. The summed E-state index contributed by atoms with van der Waals surface area (Å²) in [5.74, 6) is 0.931. The fourth-order valence-electron chi connectivity index (χ4n) is 1.32. The Morgan fingerprint density at radius 1 is 1.67 bits per heavy atom. The van der Waals surface area contributed by atoms with Gasteiger partial charge in [0.2, 0.25) is 0 Å². The lowest BCUT2D eigenvalue weighted by Crippen LogP contribution is -2.04. The van der Waals surface area contributed by atoms with Crippen LogP contribution in [0.4, 0.5) is 4.39 Å². The fourth-order valence-corrected chi connectivity index (χ4v) is 1.32. The minimum absolute atomic E-state index is 0.199. The number of alkyl halides is 1. The minimum atomic E-state index is -0.883. The maximum atomic E-state index is 12.8. The van der Waals surface area contributed by atoms with E-state index in [0.717, 1.165) is 5.92 Å². The molecular formula is C11H17F. The normalized spacial score (nSPS) is 30.0. The van der Waals surface area contributed by atoms with E-state index >= 15 is 0 Å². The lowest BCUT2D eigenvalue weighted by Gasteiger charge is -2.10. The SMILES string of the molecule is C=C(C(C)F)C(C)/C=C1/CC1C. The summed E-state index contributed by atoms with van der Waals surface area (Å²) in [5, 5.41) is 0. The first-order valence-electron chi connectivity index (χ1n) is 4.55. The van der Waals surface area contributed by atoms with Crippen molar-refractivity contribution in [1.82, 2.24) is 0 Å². The number of allylic oxidation sites excluding steroid dienone is 3. The summed E-state index contributed by atoms with van der Waals surface area (Å²) in [6, 6.07) is 0. The number of hydrogen-bond donors (Lipinski definition) is 0. The third kappa shape index (κ3) is 2.20. The predicted molar refractivity (Wildman–Crippen MR) is 50.7 cm³/mol. The van der Waals surface area contributed by atoms with Gasteiger partial charge in [0.25, 0.3) is 0 Å². The molecule has 0 aromatic carbocycles. The molecule has 0 amide bonds. The Hall–Kier alpha value is -0.590. The summed E-state index contributed by atoms with van der Waals surface area (Å²) in [6.45, 7) is 9.49. The van der Waals surface area contributed by atoms with Crippen molar-refractivity contribution in [3.05, 3.63) is 23.8 Å². The van der Waals surface area contributed by atoms with Crippen LogP contribution in [0.1, 0.15) is 27.2 Å². The van der Waals surface area contributed by atoms with Crippen LogP contribution < -0.4 is 0 Å². The van der Waals surface area contributed by atoms with Crippen molar-refractivity contribution in [3.8, 4) is 0 Å². The molecular weight excluding hydrogens is 151 g/mol. The Kier molecular flexibility index (Phi) is 2.71. The second-order valence-corrected chi connectivity index (χ2v) is 3.83. The Morgan fingerprint density at radius 3 is 2.50 bits per heavy atom. The van der Waals surface area contributed by atoms with Gasteiger partial charge in [-0.15, -0.1) is 0 Å². The van der Waals surface area contributed by atoms with Gasteiger partial charge >= 0.3 is 0 Å². The van der Waals surface area contributed by atoms with Crippen molar-refractivity contribution in [1.29, 1.82) is 0 Å². The van der Waals surface area contributed by atoms with Crippen LogP contribution >= 0.6 is 0 Å². The molecule has 0 aliphatic heterocycles. The monoisotopic (exact) mass is 168 g/mol. The van der Waals surface area contributed by atoms with Gasteiger partial charge in [-0.1, -0.05) is 32.1 Å². The highest BCUT2D eigenvalue weighted by molar-refractivity contribution is 5.26. The lowest BCUT2D eigenvalue weighted by atomic mass is 9.98. The average Bonchev–Trinajstić information content (AvgIpc) is 2.64. The summed E-state index contributed by atoms with van der Waals surface area (Å²) in [5.41, 5.74) is 2.16. The smallest absolute Gasteiger partial charge is 0.119 e. The molecule has 0 nitrogen and oxygen atoms in total. The summed E-state index contributed by atoms with van der Waals surface area (Å²) >= 11 is 0. The molecule has 0 heterocycles. The van der Waals surface area contributed by atoms with Crippen LogP contribution in [0.3, 0.4) is 0 Å². The van der Waals surface area contributed by atoms with Crippen molar-refractivity contribution < 1.29 is 4.39 Å². The van der Waals surface area contributed by atoms with E-state index in [1.54, 1.807) is 6.92 Å². The molecule has 1 heteroatoms. The topological polar surface area (TPSA) is 0 Å². The van der Waals surface area contributed by atoms with Crippen molar-refractivity contribution in [3.63, 3.8) is 0 Å². The Morgan fingerprint density at radius 2 is 2.17 bits per heavy atom. The Labute approximate surface area is 74.2 Å². The molecule has 0 bridgehead atoms. The maximum absolute atomic E-state index is 12.8. The van der Waals surface area contributed by atoms with Gasteiger partial charge in [-0.25, -0.2) is 4.39 Å². The van der Waals surface area contributed by atoms with Crippen LogP contribution in [0.5, 0.6) is 0 Å². The van der Waals surface area contributed by atoms with E-state index in [1.165, 1.54) is 12.0 Å². The number of hydrogen-bond acceptors (Lipinski definition) is 0. The van der Waals surface area contributed by atoms with E-state index in [-0.39, 0.29) is 5.92 Å². The van der Waals surface area contributed by atoms with Crippen LogP contribution in [0.15, 0.2) is 23.8 Å². The van der Waals surface area contributed by atoms with Crippen molar-refractivity contribution in [2.45, 2.75) is 33.4 Å². The molecule has 0 saturated heterocycles. The molecule has 0 spiro atoms. The largest absolute Gasteiger partial charge is 0.243 e. The molecule has 0 N–H and O–H groups in total. The van der Waals surface area contributed by atoms with Gasteiger partial charge in [-0.05, 0) is 30.8 Å². The van der Waals surface area contributed by atoms with Crippen LogP contribution in [0.2, 0.25) is 0 Å². The van der Waals surface area contributed by atoms with Crippen molar-refractivity contribution in [2.24, 2.45) is 11.8 Å². The molecule has 12 heavy (non-hydrogen) atoms. The molecule has 3 unspecified atom stereocenters. The average molecular weight is 168 g/mol. The van der Waals surface area contributed by atoms with Crippen LogP contribution in [-0.4, -0.2) is 6.17 Å². The molecule has 0 aromatic rings. The molecule has 1 aliphatic carbocycles. The molecule has 1 fully saturated rings. The number of rotatable bonds is 3. The minimum Gasteiger partial charge on any atom is -0.243 e. The highest BCUT2D eigenvalue weighted by atomic mass is 19.1. The third-order valence-corrected chi connectivity index (χ3v) is 2.57. The fraction of sp³-hybridized carbons (Fsp3) is 0.636. The van der Waals surface area contributed by atoms with Crippen molar-refractivity contribution >= 4 is 0 Å². The standard InChI is InChI=1S/C11H17F/c1-7(9(3)10(4)12)5-11-6-8(11)2/h5,7-8,10H,3,6H2,1-2,4H3/b11-5-. The van der Waals surface area contributed by atoms with Crippen LogP contribution in [0, 0.1) is 11.8 Å². The van der Waals surface area contributed by atoms with E-state index in [2.05, 4.69) is 19.6 Å². The summed E-state index contributed by atoms with van der Waals surface area (Å²) in [6.07, 6.45) is 2.47. The van der Waals surface area contributed by atoms with Crippen LogP contribution in [-0.2, 0) is 0 Å². The molecule has 1 saturated carbocycles. The molecule has 0 aromatic heterocycles. The van der Waals surface area contributed by atoms with E-state index in [4.69, 9.17) is 0 Å². The molecule has 1 aliphatic rings. The highest BCUT2D eigenvalue weighted by Gasteiger charge is 2.25. The summed E-state index contributed by atoms with van der Waals surface area (Å²) in [4.78, 5) is 0. The molecule has 0 radical (unpaired) electrons. The van der Waals surface area contributed by atoms with Gasteiger partial charge in [0.05, 0.1) is 0 Å².